The maximum atomic E-state index is 13.2. The molecule has 0 radical (unpaired) electrons. The molecule has 0 saturated heterocycles. The first-order valence-electron chi connectivity index (χ1n) is 12.8. The fourth-order valence-electron chi connectivity index (χ4n) is 4.25. The molecule has 0 aliphatic carbocycles. The smallest absolute Gasteiger partial charge is 0.333 e. The van der Waals surface area contributed by atoms with Crippen molar-refractivity contribution in [2.24, 2.45) is 0 Å². The van der Waals surface area contributed by atoms with Gasteiger partial charge in [0.05, 0.1) is 13.2 Å². The Hall–Kier alpha value is -3.68. The molecule has 1 unspecified atom stereocenters. The Morgan fingerprint density at radius 2 is 1.68 bits per heavy atom. The van der Waals surface area contributed by atoms with Gasteiger partial charge in [0.2, 0.25) is 0 Å². The number of thiophene rings is 1. The summed E-state index contributed by atoms with van der Waals surface area (Å²) >= 11 is 1.64. The molecule has 0 saturated carbocycles. The molecule has 0 bridgehead atoms. The minimum absolute atomic E-state index is 0.0280. The van der Waals surface area contributed by atoms with Crippen molar-refractivity contribution < 1.29 is 24.2 Å². The van der Waals surface area contributed by atoms with Crippen LogP contribution in [0.4, 0.5) is 0 Å². The third kappa shape index (κ3) is 6.79. The highest BCUT2D eigenvalue weighted by atomic mass is 32.1. The lowest BCUT2D eigenvalue weighted by Gasteiger charge is -2.17. The number of aliphatic carboxylic acids is 1. The van der Waals surface area contributed by atoms with Gasteiger partial charge in [0.15, 0.2) is 6.10 Å². The lowest BCUT2D eigenvalue weighted by molar-refractivity contribution is -0.149. The molecule has 4 rings (SSSR count). The summed E-state index contributed by atoms with van der Waals surface area (Å²) < 4.78 is 11.0. The lowest BCUT2D eigenvalue weighted by Crippen LogP contribution is -2.26. The molecular formula is C31H33NO5S. The van der Waals surface area contributed by atoms with Crippen LogP contribution in [0.1, 0.15) is 41.1 Å². The van der Waals surface area contributed by atoms with E-state index in [9.17, 15) is 14.7 Å². The van der Waals surface area contributed by atoms with Gasteiger partial charge in [0.1, 0.15) is 5.75 Å². The summed E-state index contributed by atoms with van der Waals surface area (Å²) in [6, 6.07) is 23.7. The van der Waals surface area contributed by atoms with E-state index in [0.29, 0.717) is 31.7 Å². The molecule has 0 aliphatic rings. The molecule has 0 fully saturated rings. The van der Waals surface area contributed by atoms with E-state index in [1.165, 1.54) is 0 Å². The van der Waals surface area contributed by atoms with Gasteiger partial charge in [-0.1, -0.05) is 43.3 Å². The molecular weight excluding hydrogens is 498 g/mol. The second-order valence-electron chi connectivity index (χ2n) is 9.18. The largest absolute Gasteiger partial charge is 0.494 e. The molecule has 38 heavy (non-hydrogen) atoms. The van der Waals surface area contributed by atoms with Crippen LogP contribution in [0.3, 0.4) is 0 Å². The number of nitrogens with zero attached hydrogens (tertiary/aromatic N) is 1. The maximum absolute atomic E-state index is 13.2. The molecule has 198 valence electrons. The van der Waals surface area contributed by atoms with Crippen LogP contribution in [0.25, 0.3) is 21.2 Å². The van der Waals surface area contributed by atoms with E-state index in [2.05, 4.69) is 13.0 Å². The third-order valence-corrected chi connectivity index (χ3v) is 7.35. The predicted octanol–water partition coefficient (Wildman–Crippen LogP) is 6.66. The third-order valence-electron chi connectivity index (χ3n) is 6.24. The maximum Gasteiger partial charge on any atom is 0.333 e. The number of hydrogen-bond acceptors (Lipinski definition) is 5. The summed E-state index contributed by atoms with van der Waals surface area (Å²) in [4.78, 5) is 28.4. The van der Waals surface area contributed by atoms with Crippen LogP contribution >= 0.6 is 11.3 Å². The van der Waals surface area contributed by atoms with Gasteiger partial charge in [-0.15, -0.1) is 11.3 Å². The first-order chi connectivity index (χ1) is 18.4. The van der Waals surface area contributed by atoms with E-state index >= 15 is 0 Å². The summed E-state index contributed by atoms with van der Waals surface area (Å²) in [6.07, 6.45) is 0.445. The fourth-order valence-corrected chi connectivity index (χ4v) is 5.32. The standard InChI is InChI=1S/C31H33NO5S/c1-4-16-37-26-13-12-23-18-25(11-10-24(23)19-26)30(33)32(3)20-27-14-15-29(38-27)22-8-6-21(7-9-22)17-28(31(34)35)36-5-2/h6-15,18-19,28H,4-5,16-17,20H2,1-3H3,(H,34,35). The molecule has 0 spiro atoms. The molecule has 3 aromatic carbocycles. The first-order valence-corrected chi connectivity index (χ1v) is 13.6. The number of fused-ring (bicyclic) bond motifs is 1. The van der Waals surface area contributed by atoms with E-state index in [1.54, 1.807) is 23.2 Å². The molecule has 1 atom stereocenters. The van der Waals surface area contributed by atoms with Crippen molar-refractivity contribution in [2.45, 2.75) is 39.3 Å². The zero-order valence-electron chi connectivity index (χ0n) is 22.0. The molecule has 1 N–H and O–H groups in total. The molecule has 1 heterocycles. The first kappa shape index (κ1) is 27.4. The Bertz CT molecular complexity index is 1400. The second kappa shape index (κ2) is 12.7. The lowest BCUT2D eigenvalue weighted by atomic mass is 10.0. The van der Waals surface area contributed by atoms with E-state index in [-0.39, 0.29) is 5.91 Å². The van der Waals surface area contributed by atoms with E-state index in [4.69, 9.17) is 9.47 Å². The van der Waals surface area contributed by atoms with Crippen molar-refractivity contribution in [3.05, 3.63) is 88.8 Å². The van der Waals surface area contributed by atoms with Crippen LogP contribution < -0.4 is 4.74 Å². The van der Waals surface area contributed by atoms with Gasteiger partial charge in [-0.3, -0.25) is 4.79 Å². The van der Waals surface area contributed by atoms with Crippen LogP contribution in [-0.4, -0.2) is 48.2 Å². The summed E-state index contributed by atoms with van der Waals surface area (Å²) in [7, 11) is 1.82. The number of carbonyl (C=O) groups excluding carboxylic acids is 1. The highest BCUT2D eigenvalue weighted by Gasteiger charge is 2.18. The second-order valence-corrected chi connectivity index (χ2v) is 10.4. The van der Waals surface area contributed by atoms with Gasteiger partial charge in [-0.25, -0.2) is 4.79 Å². The Morgan fingerprint density at radius 1 is 0.947 bits per heavy atom. The Balaban J connectivity index is 1.39. The fraction of sp³-hybridized carbons (Fsp3) is 0.290. The van der Waals surface area contributed by atoms with Crippen LogP contribution in [0.5, 0.6) is 5.75 Å². The molecule has 4 aromatic rings. The van der Waals surface area contributed by atoms with Gasteiger partial charge in [-0.05, 0) is 71.6 Å². The highest BCUT2D eigenvalue weighted by Crippen LogP contribution is 2.30. The Kier molecular flexibility index (Phi) is 9.15. The number of rotatable bonds is 12. The number of ether oxygens (including phenoxy) is 2. The van der Waals surface area contributed by atoms with Crippen molar-refractivity contribution in [1.82, 2.24) is 4.90 Å². The average Bonchev–Trinajstić information content (AvgIpc) is 3.39. The minimum atomic E-state index is -0.952. The summed E-state index contributed by atoms with van der Waals surface area (Å²) in [6.45, 7) is 5.43. The summed E-state index contributed by atoms with van der Waals surface area (Å²) in [5.41, 5.74) is 2.62. The molecule has 6 nitrogen and oxygen atoms in total. The zero-order chi connectivity index (χ0) is 27.1. The molecule has 1 amide bonds. The van der Waals surface area contributed by atoms with Crippen LogP contribution in [0.15, 0.2) is 72.8 Å². The van der Waals surface area contributed by atoms with Crippen molar-refractivity contribution in [2.75, 3.05) is 20.3 Å². The number of benzene rings is 3. The topological polar surface area (TPSA) is 76.1 Å². The van der Waals surface area contributed by atoms with Crippen molar-refractivity contribution >= 4 is 34.0 Å². The molecule has 0 aliphatic heterocycles. The number of carbonyl (C=O) groups is 2. The van der Waals surface area contributed by atoms with Gasteiger partial charge >= 0.3 is 5.97 Å². The van der Waals surface area contributed by atoms with Gasteiger partial charge < -0.3 is 19.5 Å². The van der Waals surface area contributed by atoms with Crippen LogP contribution in [0, 0.1) is 0 Å². The van der Waals surface area contributed by atoms with E-state index in [0.717, 1.165) is 43.8 Å². The Morgan fingerprint density at radius 3 is 2.39 bits per heavy atom. The molecule has 7 heteroatoms. The number of carboxylic acid groups (broad SMARTS) is 1. The van der Waals surface area contributed by atoms with Crippen molar-refractivity contribution in [3.63, 3.8) is 0 Å². The SMILES string of the molecule is CCCOc1ccc2cc(C(=O)N(C)Cc3ccc(-c4ccc(CC(OCC)C(=O)O)cc4)s3)ccc2c1. The predicted molar refractivity (Wildman–Crippen MR) is 152 cm³/mol. The summed E-state index contributed by atoms with van der Waals surface area (Å²) in [5, 5.41) is 11.4. The quantitative estimate of drug-likeness (QED) is 0.221. The van der Waals surface area contributed by atoms with Gasteiger partial charge in [-0.2, -0.15) is 0 Å². The van der Waals surface area contributed by atoms with Gasteiger partial charge in [0, 0.05) is 35.4 Å². The van der Waals surface area contributed by atoms with E-state index in [1.807, 2.05) is 73.8 Å². The van der Waals surface area contributed by atoms with Crippen LogP contribution in [-0.2, 0) is 22.5 Å². The number of hydrogen-bond donors (Lipinski definition) is 1. The van der Waals surface area contributed by atoms with Crippen LogP contribution in [0.2, 0.25) is 0 Å². The van der Waals surface area contributed by atoms with Gasteiger partial charge in [0.25, 0.3) is 5.91 Å². The minimum Gasteiger partial charge on any atom is -0.494 e. The zero-order valence-corrected chi connectivity index (χ0v) is 22.8. The summed E-state index contributed by atoms with van der Waals surface area (Å²) in [5.74, 6) is -0.138. The monoisotopic (exact) mass is 531 g/mol. The Labute approximate surface area is 227 Å². The van der Waals surface area contributed by atoms with E-state index < -0.39 is 12.1 Å². The van der Waals surface area contributed by atoms with Crippen molar-refractivity contribution in [1.29, 1.82) is 0 Å². The number of carboxylic acids is 1. The number of amides is 1. The molecule has 1 aromatic heterocycles. The highest BCUT2D eigenvalue weighted by molar-refractivity contribution is 7.15. The average molecular weight is 532 g/mol. The van der Waals surface area contributed by atoms with Crippen molar-refractivity contribution in [3.8, 4) is 16.2 Å². The normalized spacial score (nSPS) is 11.9.